The van der Waals surface area contributed by atoms with Crippen molar-refractivity contribution in [2.24, 2.45) is 0 Å². The molecule has 3 heterocycles. The van der Waals surface area contributed by atoms with Crippen LogP contribution in [0.25, 0.3) is 0 Å². The normalized spacial score (nSPS) is 31.7. The van der Waals surface area contributed by atoms with Gasteiger partial charge in [-0.1, -0.05) is 130 Å². The zero-order valence-corrected chi connectivity index (χ0v) is 44.7. The van der Waals surface area contributed by atoms with E-state index in [4.69, 9.17) is 28.4 Å². The first kappa shape index (κ1) is 67.0. The van der Waals surface area contributed by atoms with Crippen LogP contribution >= 0.6 is 0 Å². The van der Waals surface area contributed by atoms with Gasteiger partial charge in [0.2, 0.25) is 5.91 Å². The summed E-state index contributed by atoms with van der Waals surface area (Å²) in [5.74, 6) is -0.318. The third-order valence-corrected chi connectivity index (χ3v) is 13.1. The van der Waals surface area contributed by atoms with E-state index in [-0.39, 0.29) is 18.9 Å². The van der Waals surface area contributed by atoms with Gasteiger partial charge in [-0.3, -0.25) is 4.79 Å². The minimum Gasteiger partial charge on any atom is -0.394 e. The number of unbranched alkanes of at least 4 members (excludes halogenated alkanes) is 7. The van der Waals surface area contributed by atoms with Crippen LogP contribution in [0, 0.1) is 0 Å². The Kier molecular flexibility index (Phi) is 35.2. The SMILES string of the molecule is CC/C=C\C/C=C\C/C=C\C/C=C\C/C=C\CCCCCCCC(=O)NC(COC1OC(CO)C(OC2OC(CO)C(OC3OC(CO)C(O)C(O)C3O)C(O)C2O)C(O)C1O)C(O)/C=C/CC/C=C/CC/C=C/CC. The number of hydrogen-bond donors (Lipinski definition) is 12. The molecular weight excluding hydrogens is 987 g/mol. The fraction of sp³-hybridized carbons (Fsp3) is 0.702. The number of allylic oxidation sites excluding steroid dienone is 15. The van der Waals surface area contributed by atoms with Crippen molar-refractivity contribution in [2.75, 3.05) is 26.4 Å². The predicted octanol–water partition coefficient (Wildman–Crippen LogP) is 3.42. The molecule has 3 saturated heterocycles. The lowest BCUT2D eigenvalue weighted by atomic mass is 9.96. The molecule has 3 aliphatic heterocycles. The van der Waals surface area contributed by atoms with Crippen molar-refractivity contribution >= 4 is 5.91 Å². The quantitative estimate of drug-likeness (QED) is 0.0313. The molecule has 1 amide bonds. The molecular formula is C57H93NO18. The first-order chi connectivity index (χ1) is 36.8. The van der Waals surface area contributed by atoms with Crippen LogP contribution in [0.15, 0.2) is 97.2 Å². The van der Waals surface area contributed by atoms with Gasteiger partial charge in [-0.15, -0.1) is 0 Å². The lowest BCUT2D eigenvalue weighted by Crippen LogP contribution is -2.66. The summed E-state index contributed by atoms with van der Waals surface area (Å²) in [6.45, 7) is 1.38. The van der Waals surface area contributed by atoms with Crippen LogP contribution in [-0.4, -0.2) is 193 Å². The van der Waals surface area contributed by atoms with E-state index < -0.39 is 124 Å². The van der Waals surface area contributed by atoms with Crippen LogP contribution in [0.1, 0.15) is 123 Å². The summed E-state index contributed by atoms with van der Waals surface area (Å²) in [6, 6.07) is -1.01. The maximum Gasteiger partial charge on any atom is 0.220 e. The van der Waals surface area contributed by atoms with Gasteiger partial charge in [0.05, 0.1) is 38.6 Å². The fourth-order valence-corrected chi connectivity index (χ4v) is 8.61. The van der Waals surface area contributed by atoms with Crippen LogP contribution in [-0.2, 0) is 33.2 Å². The van der Waals surface area contributed by atoms with Gasteiger partial charge in [0.1, 0.15) is 73.2 Å². The van der Waals surface area contributed by atoms with E-state index in [2.05, 4.69) is 104 Å². The zero-order valence-electron chi connectivity index (χ0n) is 44.7. The molecule has 3 rings (SSSR count). The van der Waals surface area contributed by atoms with Gasteiger partial charge in [0.15, 0.2) is 18.9 Å². The highest BCUT2D eigenvalue weighted by Gasteiger charge is 2.53. The van der Waals surface area contributed by atoms with Crippen LogP contribution in [0.5, 0.6) is 0 Å². The average Bonchev–Trinajstić information content (AvgIpc) is 3.42. The molecule has 434 valence electrons. The molecule has 0 bridgehead atoms. The van der Waals surface area contributed by atoms with Gasteiger partial charge in [-0.05, 0) is 83.5 Å². The fourth-order valence-electron chi connectivity index (χ4n) is 8.61. The van der Waals surface area contributed by atoms with E-state index in [0.717, 1.165) is 89.9 Å². The maximum atomic E-state index is 13.3. The molecule has 3 aliphatic rings. The molecule has 76 heavy (non-hydrogen) atoms. The first-order valence-electron chi connectivity index (χ1n) is 27.5. The second kappa shape index (κ2) is 40.0. The van der Waals surface area contributed by atoms with Gasteiger partial charge in [-0.25, -0.2) is 0 Å². The molecule has 0 spiro atoms. The van der Waals surface area contributed by atoms with Crippen molar-refractivity contribution < 1.29 is 89.4 Å². The van der Waals surface area contributed by atoms with E-state index in [1.54, 1.807) is 12.2 Å². The summed E-state index contributed by atoms with van der Waals surface area (Å²) in [6.07, 6.45) is 21.3. The summed E-state index contributed by atoms with van der Waals surface area (Å²) < 4.78 is 34.1. The van der Waals surface area contributed by atoms with E-state index in [1.165, 1.54) is 0 Å². The van der Waals surface area contributed by atoms with Crippen molar-refractivity contribution in [2.45, 2.75) is 227 Å². The number of aliphatic hydroxyl groups is 11. The molecule has 12 N–H and O–H groups in total. The molecule has 0 aromatic carbocycles. The topological polar surface area (TPSA) is 307 Å². The van der Waals surface area contributed by atoms with Crippen LogP contribution in [0.3, 0.4) is 0 Å². The van der Waals surface area contributed by atoms with Gasteiger partial charge in [0.25, 0.3) is 0 Å². The van der Waals surface area contributed by atoms with E-state index in [1.807, 2.05) is 0 Å². The number of amides is 1. The second-order valence-corrected chi connectivity index (χ2v) is 19.3. The summed E-state index contributed by atoms with van der Waals surface area (Å²) in [5.41, 5.74) is 0. The summed E-state index contributed by atoms with van der Waals surface area (Å²) >= 11 is 0. The van der Waals surface area contributed by atoms with Gasteiger partial charge < -0.3 is 89.9 Å². The van der Waals surface area contributed by atoms with Gasteiger partial charge in [-0.2, -0.15) is 0 Å². The lowest BCUT2D eigenvalue weighted by molar-refractivity contribution is -0.379. The number of carbonyl (C=O) groups is 1. The molecule has 0 radical (unpaired) electrons. The minimum atomic E-state index is -1.99. The van der Waals surface area contributed by atoms with Crippen molar-refractivity contribution in [1.82, 2.24) is 5.32 Å². The minimum absolute atomic E-state index is 0.203. The molecule has 17 atom stereocenters. The predicted molar refractivity (Wildman–Crippen MR) is 286 cm³/mol. The zero-order chi connectivity index (χ0) is 55.5. The monoisotopic (exact) mass is 1080 g/mol. The Balaban J connectivity index is 1.52. The third kappa shape index (κ3) is 24.4. The molecule has 0 aromatic rings. The lowest BCUT2D eigenvalue weighted by Gasteiger charge is -2.48. The van der Waals surface area contributed by atoms with Crippen molar-refractivity contribution in [3.05, 3.63) is 97.2 Å². The Bertz CT molecular complexity index is 1770. The average molecular weight is 1080 g/mol. The standard InChI is InChI=1S/C57H93NO18/c1-3-5-7-9-11-13-15-16-17-18-19-20-21-22-23-24-25-27-29-31-33-35-45(63)58-40(41(62)34-32-30-28-26-14-12-10-8-6-4-2)39-71-55-51(69)48(66)53(43(37-60)73-55)76-57-52(70)49(67)54(44(38-61)74-57)75-56-50(68)47(65)46(64)42(36-59)72-56/h5-8,11,13-14,16-17,19-20,22-23,26,32,34,40-44,46-57,59-62,64-70H,3-4,9-10,12,15,18,21,24-25,27-31,33,35-39H2,1-2H3,(H,58,63)/b7-5-,8-6+,13-11-,17-16-,20-19-,23-22-,26-14+,34-32+. The smallest absolute Gasteiger partial charge is 0.220 e. The van der Waals surface area contributed by atoms with E-state index in [0.29, 0.717) is 12.8 Å². The Morgan fingerprint density at radius 2 is 0.882 bits per heavy atom. The Labute approximate surface area is 450 Å². The number of nitrogens with one attached hydrogen (secondary N) is 1. The molecule has 19 heteroatoms. The molecule has 0 aromatic heterocycles. The van der Waals surface area contributed by atoms with E-state index >= 15 is 0 Å². The van der Waals surface area contributed by atoms with Gasteiger partial charge in [0, 0.05) is 6.42 Å². The molecule has 17 unspecified atom stereocenters. The summed E-state index contributed by atoms with van der Waals surface area (Å²) in [4.78, 5) is 13.3. The van der Waals surface area contributed by atoms with Crippen molar-refractivity contribution in [1.29, 1.82) is 0 Å². The summed E-state index contributed by atoms with van der Waals surface area (Å²) in [7, 11) is 0. The van der Waals surface area contributed by atoms with Gasteiger partial charge >= 0.3 is 0 Å². The number of rotatable bonds is 37. The van der Waals surface area contributed by atoms with E-state index in [9.17, 15) is 61.0 Å². The Morgan fingerprint density at radius 3 is 1.42 bits per heavy atom. The number of carbonyl (C=O) groups excluding carboxylic acids is 1. The largest absolute Gasteiger partial charge is 0.394 e. The number of hydrogen-bond acceptors (Lipinski definition) is 18. The maximum absolute atomic E-state index is 13.3. The van der Waals surface area contributed by atoms with Crippen molar-refractivity contribution in [3.8, 4) is 0 Å². The highest BCUT2D eigenvalue weighted by atomic mass is 16.8. The molecule has 19 nitrogen and oxygen atoms in total. The van der Waals surface area contributed by atoms with Crippen LogP contribution in [0.2, 0.25) is 0 Å². The molecule has 0 aliphatic carbocycles. The van der Waals surface area contributed by atoms with Crippen LogP contribution < -0.4 is 5.32 Å². The highest BCUT2D eigenvalue weighted by molar-refractivity contribution is 5.76. The molecule has 0 saturated carbocycles. The number of aliphatic hydroxyl groups excluding tert-OH is 11. The van der Waals surface area contributed by atoms with Crippen molar-refractivity contribution in [3.63, 3.8) is 0 Å². The second-order valence-electron chi connectivity index (χ2n) is 19.3. The molecule has 3 fully saturated rings. The first-order valence-corrected chi connectivity index (χ1v) is 27.5. The number of ether oxygens (including phenoxy) is 6. The third-order valence-electron chi connectivity index (χ3n) is 13.1. The van der Waals surface area contributed by atoms with Crippen LogP contribution in [0.4, 0.5) is 0 Å². The Hall–Kier alpha value is -3.29. The highest BCUT2D eigenvalue weighted by Crippen LogP contribution is 2.33. The summed E-state index contributed by atoms with van der Waals surface area (Å²) in [5, 5.41) is 120. The Morgan fingerprint density at radius 1 is 0.474 bits per heavy atom.